The van der Waals surface area contributed by atoms with Crippen LogP contribution in [0.15, 0.2) is 29.4 Å². The summed E-state index contributed by atoms with van der Waals surface area (Å²) in [7, 11) is 0. The van der Waals surface area contributed by atoms with Gasteiger partial charge in [-0.3, -0.25) is 0 Å². The average molecular weight is 249 g/mol. The molecule has 100 valence electrons. The summed E-state index contributed by atoms with van der Waals surface area (Å²) in [6.45, 7) is 8.57. The van der Waals surface area contributed by atoms with Crippen molar-refractivity contribution in [1.29, 1.82) is 0 Å². The summed E-state index contributed by atoms with van der Waals surface area (Å²) in [6.07, 6.45) is 0.511. The van der Waals surface area contributed by atoms with Gasteiger partial charge in [-0.15, -0.1) is 0 Å². The van der Waals surface area contributed by atoms with Crippen LogP contribution >= 0.6 is 0 Å². The van der Waals surface area contributed by atoms with Gasteiger partial charge >= 0.3 is 0 Å². The van der Waals surface area contributed by atoms with E-state index in [0.29, 0.717) is 6.42 Å². The Bertz CT molecular complexity index is 404. The average Bonchev–Trinajstić information content (AvgIpc) is 2.28. The summed E-state index contributed by atoms with van der Waals surface area (Å²) in [5.41, 5.74) is 7.98. The molecule has 0 bridgehead atoms. The van der Waals surface area contributed by atoms with E-state index < -0.39 is 0 Å². The first kappa shape index (κ1) is 14.4. The highest BCUT2D eigenvalue weighted by molar-refractivity contribution is 5.80. The van der Waals surface area contributed by atoms with E-state index in [2.05, 4.69) is 55.5 Å². The molecule has 0 aliphatic rings. The number of nitrogens with two attached hydrogens (primary N) is 1. The molecular weight excluding hydrogens is 226 g/mol. The molecule has 0 radical (unpaired) electrons. The third-order valence-electron chi connectivity index (χ3n) is 2.81. The lowest BCUT2D eigenvalue weighted by molar-refractivity contribution is 0.316. The predicted molar refractivity (Wildman–Crippen MR) is 76.3 cm³/mol. The van der Waals surface area contributed by atoms with Gasteiger partial charge < -0.3 is 16.3 Å². The fraction of sp³-hybridized carbons (Fsp3) is 0.500. The molecule has 0 fully saturated rings. The smallest absolute Gasteiger partial charge is 0.141 e. The molecule has 0 heterocycles. The molecule has 0 amide bonds. The van der Waals surface area contributed by atoms with Crippen LogP contribution in [0.5, 0.6) is 0 Å². The van der Waals surface area contributed by atoms with E-state index in [1.165, 1.54) is 5.56 Å². The summed E-state index contributed by atoms with van der Waals surface area (Å²) >= 11 is 0. The molecule has 4 N–H and O–H groups in total. The van der Waals surface area contributed by atoms with E-state index in [1.807, 2.05) is 6.92 Å². The normalized spacial score (nSPS) is 14.3. The van der Waals surface area contributed by atoms with Gasteiger partial charge in [0.2, 0.25) is 0 Å². The highest BCUT2D eigenvalue weighted by Gasteiger charge is 2.13. The van der Waals surface area contributed by atoms with Crippen LogP contribution in [0, 0.1) is 0 Å². The third-order valence-corrected chi connectivity index (χ3v) is 2.81. The van der Waals surface area contributed by atoms with Crippen molar-refractivity contribution in [3.63, 3.8) is 0 Å². The molecule has 1 aromatic carbocycles. The maximum atomic E-state index is 8.51. The minimum atomic E-state index is 0.126. The number of amidine groups is 1. The first-order chi connectivity index (χ1) is 8.32. The first-order valence-corrected chi connectivity index (χ1v) is 6.16. The Hall–Kier alpha value is -1.71. The number of anilines is 1. The van der Waals surface area contributed by atoms with Crippen molar-refractivity contribution in [3.05, 3.63) is 29.8 Å². The molecule has 0 saturated heterocycles. The molecule has 0 saturated carbocycles. The highest BCUT2D eigenvalue weighted by Crippen LogP contribution is 2.23. The lowest BCUT2D eigenvalue weighted by atomic mass is 9.87. The largest absolute Gasteiger partial charge is 0.409 e. The Balaban J connectivity index is 2.64. The molecule has 1 unspecified atom stereocenters. The Morgan fingerprint density at radius 2 is 1.89 bits per heavy atom. The Labute approximate surface area is 109 Å². The summed E-state index contributed by atoms with van der Waals surface area (Å²) in [6, 6.07) is 8.49. The summed E-state index contributed by atoms with van der Waals surface area (Å²) < 4.78 is 0. The Kier molecular flexibility index (Phi) is 4.59. The fourth-order valence-electron chi connectivity index (χ4n) is 1.76. The molecule has 0 aromatic heterocycles. The summed E-state index contributed by atoms with van der Waals surface area (Å²) in [4.78, 5) is 0. The molecule has 0 aliphatic carbocycles. The van der Waals surface area contributed by atoms with Crippen molar-refractivity contribution in [2.45, 2.75) is 45.6 Å². The van der Waals surface area contributed by atoms with Gasteiger partial charge in [0, 0.05) is 18.2 Å². The molecule has 4 heteroatoms. The van der Waals surface area contributed by atoms with Crippen molar-refractivity contribution in [2.75, 3.05) is 5.32 Å². The second-order valence-corrected chi connectivity index (χ2v) is 5.67. The number of hydrogen-bond acceptors (Lipinski definition) is 3. The zero-order chi connectivity index (χ0) is 13.8. The van der Waals surface area contributed by atoms with Crippen molar-refractivity contribution in [1.82, 2.24) is 0 Å². The molecule has 0 spiro atoms. The van der Waals surface area contributed by atoms with Crippen LogP contribution < -0.4 is 11.1 Å². The van der Waals surface area contributed by atoms with Gasteiger partial charge in [-0.05, 0) is 30.0 Å². The lowest BCUT2D eigenvalue weighted by Crippen LogP contribution is -2.24. The second-order valence-electron chi connectivity index (χ2n) is 5.67. The van der Waals surface area contributed by atoms with E-state index in [0.717, 1.165) is 5.69 Å². The topological polar surface area (TPSA) is 70.6 Å². The van der Waals surface area contributed by atoms with E-state index in [9.17, 15) is 0 Å². The monoisotopic (exact) mass is 249 g/mol. The first-order valence-electron chi connectivity index (χ1n) is 6.16. The molecule has 4 nitrogen and oxygen atoms in total. The maximum Gasteiger partial charge on any atom is 0.141 e. The lowest BCUT2D eigenvalue weighted by Gasteiger charge is -2.20. The molecule has 18 heavy (non-hydrogen) atoms. The molecule has 0 aliphatic heterocycles. The summed E-state index contributed by atoms with van der Waals surface area (Å²) in [5, 5.41) is 14.8. The van der Waals surface area contributed by atoms with Crippen LogP contribution in [0.3, 0.4) is 0 Å². The quantitative estimate of drug-likeness (QED) is 0.332. The Morgan fingerprint density at radius 3 is 2.33 bits per heavy atom. The standard InChI is InChI=1S/C14H23N3O/c1-10(9-13(15)17-18)16-12-7-5-11(6-8-12)14(2,3)4/h5-8,10,16,18H,9H2,1-4H3,(H2,15,17). The Morgan fingerprint density at radius 1 is 1.33 bits per heavy atom. The van der Waals surface area contributed by atoms with Crippen LogP contribution in [-0.4, -0.2) is 17.1 Å². The van der Waals surface area contributed by atoms with Gasteiger partial charge in [-0.25, -0.2) is 0 Å². The number of nitrogens with zero attached hydrogens (tertiary/aromatic N) is 1. The van der Waals surface area contributed by atoms with Crippen molar-refractivity contribution < 1.29 is 5.21 Å². The van der Waals surface area contributed by atoms with Crippen LogP contribution in [0.2, 0.25) is 0 Å². The van der Waals surface area contributed by atoms with Gasteiger partial charge in [0.05, 0.1) is 0 Å². The minimum Gasteiger partial charge on any atom is -0.409 e. The molecule has 1 aromatic rings. The van der Waals surface area contributed by atoms with Crippen LogP contribution in [0.25, 0.3) is 0 Å². The van der Waals surface area contributed by atoms with Gasteiger partial charge in [-0.2, -0.15) is 0 Å². The van der Waals surface area contributed by atoms with Crippen molar-refractivity contribution in [3.8, 4) is 0 Å². The molecule has 1 atom stereocenters. The third kappa shape index (κ3) is 4.28. The van der Waals surface area contributed by atoms with Crippen LogP contribution in [-0.2, 0) is 5.41 Å². The SMILES string of the molecule is CC(CC(N)=NO)Nc1ccc(C(C)(C)C)cc1. The maximum absolute atomic E-state index is 8.51. The number of hydrogen-bond donors (Lipinski definition) is 3. The number of benzene rings is 1. The van der Waals surface area contributed by atoms with Gasteiger partial charge in [0.1, 0.15) is 5.84 Å². The minimum absolute atomic E-state index is 0.126. The summed E-state index contributed by atoms with van der Waals surface area (Å²) in [5.74, 6) is 0.237. The highest BCUT2D eigenvalue weighted by atomic mass is 16.4. The van der Waals surface area contributed by atoms with Crippen molar-refractivity contribution >= 4 is 11.5 Å². The molecule has 1 rings (SSSR count). The number of rotatable bonds is 4. The van der Waals surface area contributed by atoms with E-state index in [-0.39, 0.29) is 17.3 Å². The van der Waals surface area contributed by atoms with Crippen molar-refractivity contribution in [2.24, 2.45) is 10.9 Å². The zero-order valence-corrected chi connectivity index (χ0v) is 11.6. The van der Waals surface area contributed by atoms with Gasteiger partial charge in [0.25, 0.3) is 0 Å². The zero-order valence-electron chi connectivity index (χ0n) is 11.6. The van der Waals surface area contributed by atoms with Gasteiger partial charge in [-0.1, -0.05) is 38.1 Å². The van der Waals surface area contributed by atoms with E-state index in [1.54, 1.807) is 0 Å². The van der Waals surface area contributed by atoms with E-state index >= 15 is 0 Å². The van der Waals surface area contributed by atoms with Crippen LogP contribution in [0.1, 0.15) is 39.7 Å². The predicted octanol–water partition coefficient (Wildman–Crippen LogP) is 2.92. The number of nitrogens with one attached hydrogen (secondary N) is 1. The second kappa shape index (κ2) is 5.76. The molecular formula is C14H23N3O. The fourth-order valence-corrected chi connectivity index (χ4v) is 1.76. The van der Waals surface area contributed by atoms with Gasteiger partial charge in [0.15, 0.2) is 0 Å². The van der Waals surface area contributed by atoms with E-state index in [4.69, 9.17) is 10.9 Å². The van der Waals surface area contributed by atoms with Crippen LogP contribution in [0.4, 0.5) is 5.69 Å². The number of oxime groups is 1.